The van der Waals surface area contributed by atoms with Gasteiger partial charge in [0.05, 0.1) is 0 Å². The van der Waals surface area contributed by atoms with E-state index in [-0.39, 0.29) is 30.6 Å². The zero-order valence-electron chi connectivity index (χ0n) is 48.4. The zero-order chi connectivity index (χ0) is 53.6. The molecule has 67 heavy (non-hydrogen) atoms. The summed E-state index contributed by atoms with van der Waals surface area (Å²) in [6.07, 6.45) is 34.4. The lowest BCUT2D eigenvalue weighted by Crippen LogP contribution is -2.47. The predicted octanol–water partition coefficient (Wildman–Crippen LogP) is 15.3. The molecule has 4 amide bonds. The highest BCUT2D eigenvalue weighted by molar-refractivity contribution is 5.88. The number of carbonyl (C=O) groups excluding carboxylic acids is 4. The lowest BCUT2D eigenvalue weighted by Gasteiger charge is -2.18. The molecule has 0 radical (unpaired) electrons. The molecule has 0 aliphatic rings. The van der Waals surface area contributed by atoms with Crippen LogP contribution in [0.15, 0.2) is 24.8 Å². The quantitative estimate of drug-likeness (QED) is 0.0271. The summed E-state index contributed by atoms with van der Waals surface area (Å²) in [6.45, 7) is 38.1. The second-order valence-corrected chi connectivity index (χ2v) is 15.1. The first-order valence-electron chi connectivity index (χ1n) is 28.4. The second kappa shape index (κ2) is 89.8. The van der Waals surface area contributed by atoms with E-state index < -0.39 is 18.0 Å². The number of rotatable bonds is 35. The number of unbranched alkanes of at least 4 members (excludes halogenated alkanes) is 16. The van der Waals surface area contributed by atoms with Gasteiger partial charge in [-0.05, 0) is 103 Å². The molecule has 0 bridgehead atoms. The molecule has 0 saturated carbocycles. The van der Waals surface area contributed by atoms with Crippen LogP contribution in [0.1, 0.15) is 291 Å². The Hall–Kier alpha value is -2.72. The van der Waals surface area contributed by atoms with Crippen molar-refractivity contribution in [2.75, 3.05) is 19.6 Å². The molecular formula is C57H126N6O4. The molecule has 0 rings (SSSR count). The van der Waals surface area contributed by atoms with Gasteiger partial charge in [-0.15, -0.1) is 6.58 Å². The van der Waals surface area contributed by atoms with Crippen molar-refractivity contribution in [1.82, 2.24) is 16.0 Å². The van der Waals surface area contributed by atoms with Gasteiger partial charge < -0.3 is 33.2 Å². The molecule has 0 spiro atoms. The van der Waals surface area contributed by atoms with Crippen LogP contribution in [0.2, 0.25) is 0 Å². The van der Waals surface area contributed by atoms with E-state index in [0.29, 0.717) is 51.7 Å². The molecule has 0 saturated heterocycles. The fourth-order valence-corrected chi connectivity index (χ4v) is 5.35. The Morgan fingerprint density at radius 2 is 0.821 bits per heavy atom. The number of hydrogen-bond acceptors (Lipinski definition) is 6. The van der Waals surface area contributed by atoms with Gasteiger partial charge in [0.2, 0.25) is 23.6 Å². The van der Waals surface area contributed by atoms with E-state index in [2.05, 4.69) is 76.2 Å². The highest BCUT2D eigenvalue weighted by Gasteiger charge is 2.20. The van der Waals surface area contributed by atoms with E-state index in [1.807, 2.05) is 75.3 Å². The third kappa shape index (κ3) is 90.4. The monoisotopic (exact) mass is 959 g/mol. The molecule has 0 heterocycles. The zero-order valence-corrected chi connectivity index (χ0v) is 48.4. The van der Waals surface area contributed by atoms with Crippen molar-refractivity contribution in [2.45, 2.75) is 303 Å². The number of primary amides is 1. The average molecular weight is 960 g/mol. The Labute approximate surface area is 421 Å². The lowest BCUT2D eigenvalue weighted by molar-refractivity contribution is -0.129. The van der Waals surface area contributed by atoms with Gasteiger partial charge in [0, 0.05) is 19.4 Å². The smallest absolute Gasteiger partial charge is 0.242 e. The summed E-state index contributed by atoms with van der Waals surface area (Å²) >= 11 is 0. The Bertz CT molecular complexity index is 915. The van der Waals surface area contributed by atoms with E-state index in [4.69, 9.17) is 17.2 Å². The van der Waals surface area contributed by atoms with Crippen LogP contribution in [0.5, 0.6) is 0 Å². The van der Waals surface area contributed by atoms with E-state index >= 15 is 0 Å². The minimum absolute atomic E-state index is 0.148. The second-order valence-electron chi connectivity index (χ2n) is 15.1. The van der Waals surface area contributed by atoms with Crippen molar-refractivity contribution in [3.05, 3.63) is 24.8 Å². The van der Waals surface area contributed by atoms with Crippen LogP contribution in [0.25, 0.3) is 0 Å². The lowest BCUT2D eigenvalue weighted by atomic mass is 10.1. The van der Waals surface area contributed by atoms with E-state index in [1.54, 1.807) is 0 Å². The highest BCUT2D eigenvalue weighted by Crippen LogP contribution is 2.11. The molecule has 0 aromatic rings. The molecule has 9 N–H and O–H groups in total. The van der Waals surface area contributed by atoms with Crippen LogP contribution in [0, 0.1) is 0 Å². The van der Waals surface area contributed by atoms with Gasteiger partial charge in [0.25, 0.3) is 0 Å². The number of nitrogens with two attached hydrogens (primary N) is 3. The molecule has 2 atom stereocenters. The highest BCUT2D eigenvalue weighted by atomic mass is 16.2. The maximum Gasteiger partial charge on any atom is 0.242 e. The largest absolute Gasteiger partial charge is 0.368 e. The molecule has 0 aliphatic heterocycles. The first-order chi connectivity index (χ1) is 32.6. The average Bonchev–Trinajstić information content (AvgIpc) is 3.36. The molecule has 2 unspecified atom stereocenters. The minimum Gasteiger partial charge on any atom is -0.368 e. The minimum atomic E-state index is -0.702. The number of nitrogens with one attached hydrogen (secondary N) is 3. The first kappa shape index (κ1) is 84.2. The van der Waals surface area contributed by atoms with Crippen molar-refractivity contribution in [3.63, 3.8) is 0 Å². The number of allylic oxidation sites excluding steroid dienone is 3. The Morgan fingerprint density at radius 1 is 0.478 bits per heavy atom. The third-order valence-electron chi connectivity index (χ3n) is 9.06. The number of carbonyl (C=O) groups is 4. The van der Waals surface area contributed by atoms with Gasteiger partial charge in [-0.3, -0.25) is 19.2 Å². The fraction of sp³-hybridized carbons (Fsp3) is 0.860. The normalized spacial score (nSPS) is 10.2. The summed E-state index contributed by atoms with van der Waals surface area (Å²) in [5.74, 6) is -1.18. The predicted molar refractivity (Wildman–Crippen MR) is 304 cm³/mol. The standard InChI is InChI=1S/C36H70N6O4.C4H10.C4H8.C3H8.5C2H6/c1-2-3-4-5-6-7-8-9-10-11-12-13-14-15-16-23-30-40-36(46)32(25-20-22-29-38)42-34(44)27-18-17-26-33(43)41-31(35(39)45)24-19-21-28-37;2*1-3-4-2;1-3-2;5*1-2/h9-10,31-32H,2-8,11-30,37-38H2,1H3,(H2,39,45)(H,40,46)(H,41,43)(H,42,44);3-4H2,1-2H3;3H,1,4H2,2H3;3H2,1-2H3;5*1-2H3/b10-9-;;;;;;;;. The summed E-state index contributed by atoms with van der Waals surface area (Å²) in [5.41, 5.74) is 16.5. The molecule has 408 valence electrons. The van der Waals surface area contributed by atoms with E-state index in [9.17, 15) is 19.2 Å². The number of amides is 4. The Morgan fingerprint density at radius 3 is 1.16 bits per heavy atom. The van der Waals surface area contributed by atoms with Crippen molar-refractivity contribution in [2.24, 2.45) is 17.2 Å². The van der Waals surface area contributed by atoms with Crippen molar-refractivity contribution in [3.8, 4) is 0 Å². The van der Waals surface area contributed by atoms with Crippen molar-refractivity contribution in [1.29, 1.82) is 0 Å². The van der Waals surface area contributed by atoms with E-state index in [1.165, 1.54) is 96.3 Å². The third-order valence-corrected chi connectivity index (χ3v) is 9.06. The maximum absolute atomic E-state index is 12.8. The van der Waals surface area contributed by atoms with Crippen LogP contribution in [-0.2, 0) is 19.2 Å². The van der Waals surface area contributed by atoms with E-state index in [0.717, 1.165) is 38.5 Å². The van der Waals surface area contributed by atoms with Crippen LogP contribution < -0.4 is 33.2 Å². The SMILES string of the molecule is C=CCC.CC.CC.CC.CC.CC.CCC.CCCC.CCCCCCCC/C=C\CCCCCCCCNC(=O)C(CCCCN)NC(=O)CCCCC(=O)NC(CCCCN)C(N)=O. The molecule has 0 aliphatic carbocycles. The van der Waals surface area contributed by atoms with Gasteiger partial charge in [-0.2, -0.15) is 0 Å². The molecule has 0 aromatic carbocycles. The van der Waals surface area contributed by atoms with Crippen molar-refractivity contribution >= 4 is 23.6 Å². The topological polar surface area (TPSA) is 182 Å². The van der Waals surface area contributed by atoms with Gasteiger partial charge in [0.15, 0.2) is 0 Å². The molecule has 10 heteroatoms. The van der Waals surface area contributed by atoms with Crippen LogP contribution >= 0.6 is 0 Å². The summed E-state index contributed by atoms with van der Waals surface area (Å²) in [7, 11) is 0. The van der Waals surface area contributed by atoms with Crippen LogP contribution in [0.4, 0.5) is 0 Å². The Kier molecular flexibility index (Phi) is 113. The molecule has 0 aromatic heterocycles. The van der Waals surface area contributed by atoms with Crippen LogP contribution in [0.3, 0.4) is 0 Å². The molecule has 10 nitrogen and oxygen atoms in total. The van der Waals surface area contributed by atoms with Crippen LogP contribution in [-0.4, -0.2) is 55.3 Å². The first-order valence-corrected chi connectivity index (χ1v) is 28.4. The van der Waals surface area contributed by atoms with Crippen molar-refractivity contribution < 1.29 is 19.2 Å². The van der Waals surface area contributed by atoms with Gasteiger partial charge in [-0.25, -0.2) is 0 Å². The summed E-state index contributed by atoms with van der Waals surface area (Å²) in [6, 6.07) is -1.28. The number of hydrogen-bond donors (Lipinski definition) is 6. The summed E-state index contributed by atoms with van der Waals surface area (Å²) in [4.78, 5) is 49.3. The summed E-state index contributed by atoms with van der Waals surface area (Å²) < 4.78 is 0. The summed E-state index contributed by atoms with van der Waals surface area (Å²) in [5, 5.41) is 8.55. The van der Waals surface area contributed by atoms with Gasteiger partial charge in [0.1, 0.15) is 12.1 Å². The molecular weight excluding hydrogens is 833 g/mol. The fourth-order valence-electron chi connectivity index (χ4n) is 5.35. The Balaban J connectivity index is -0.000000194. The van der Waals surface area contributed by atoms with Gasteiger partial charge in [-0.1, -0.05) is 206 Å². The maximum atomic E-state index is 12.8. The van der Waals surface area contributed by atoms with Gasteiger partial charge >= 0.3 is 0 Å². The molecule has 0 fully saturated rings.